The van der Waals surface area contributed by atoms with Gasteiger partial charge in [-0.2, -0.15) is 5.26 Å². The number of nitrogens with zero attached hydrogens (tertiary/aromatic N) is 4. The number of amides is 1. The molecule has 1 aromatic heterocycles. The van der Waals surface area contributed by atoms with Gasteiger partial charge in [0.15, 0.2) is 0 Å². The maximum atomic E-state index is 12.7. The molecule has 1 aliphatic rings. The number of hydrogen-bond acceptors (Lipinski definition) is 7. The molecule has 8 nitrogen and oxygen atoms in total. The van der Waals surface area contributed by atoms with E-state index in [0.717, 1.165) is 43.6 Å². The van der Waals surface area contributed by atoms with Gasteiger partial charge < -0.3 is 15.8 Å². The quantitative estimate of drug-likeness (QED) is 0.486. The maximum Gasteiger partial charge on any atom is 0.270 e. The number of ether oxygens (including phenoxy) is 1. The zero-order valence-electron chi connectivity index (χ0n) is 21.0. The van der Waals surface area contributed by atoms with Gasteiger partial charge in [-0.1, -0.05) is 36.9 Å². The molecule has 8 heteroatoms. The van der Waals surface area contributed by atoms with Crippen molar-refractivity contribution in [3.8, 4) is 11.9 Å². The zero-order valence-corrected chi connectivity index (χ0v) is 21.0. The maximum absolute atomic E-state index is 12.7. The summed E-state index contributed by atoms with van der Waals surface area (Å²) in [5, 5.41) is 12.2. The molecule has 0 unspecified atom stereocenters. The number of rotatable bonds is 10. The van der Waals surface area contributed by atoms with E-state index in [9.17, 15) is 10.1 Å². The molecule has 0 bridgehead atoms. The molecule has 3 N–H and O–H groups in total. The van der Waals surface area contributed by atoms with Gasteiger partial charge in [-0.15, -0.1) is 0 Å². The number of aliphatic imine (C=N–C) groups is 1. The Morgan fingerprint density at radius 3 is 2.72 bits per heavy atom. The molecule has 1 saturated heterocycles. The normalized spacial score (nSPS) is 14.7. The summed E-state index contributed by atoms with van der Waals surface area (Å²) >= 11 is 0. The minimum atomic E-state index is -0.313. The van der Waals surface area contributed by atoms with Crippen molar-refractivity contribution in [1.29, 1.82) is 5.26 Å². The highest BCUT2D eigenvalue weighted by Gasteiger charge is 2.21. The summed E-state index contributed by atoms with van der Waals surface area (Å²) in [6, 6.07) is 11.9. The molecule has 0 aliphatic carbocycles. The summed E-state index contributed by atoms with van der Waals surface area (Å²) in [4.78, 5) is 23.5. The number of benzene rings is 1. The van der Waals surface area contributed by atoms with E-state index in [2.05, 4.69) is 51.0 Å². The van der Waals surface area contributed by atoms with Crippen LogP contribution in [-0.4, -0.2) is 48.2 Å². The molecule has 3 rings (SSSR count). The van der Waals surface area contributed by atoms with Crippen LogP contribution in [0.4, 0.5) is 5.69 Å². The SMILES string of the molecule is C=C(C=N/C=C\C)c1ccc(CN2CCC(CNC(=O)c3cc(N)c(C#N)c(OCC)n3)CC2)cc1. The summed E-state index contributed by atoms with van der Waals surface area (Å²) in [6.45, 7) is 11.5. The number of allylic oxidation sites excluding steroid dienone is 2. The van der Waals surface area contributed by atoms with Gasteiger partial charge >= 0.3 is 0 Å². The lowest BCUT2D eigenvalue weighted by atomic mass is 9.96. The number of pyridine rings is 1. The van der Waals surface area contributed by atoms with E-state index in [1.165, 1.54) is 11.6 Å². The Labute approximate surface area is 213 Å². The lowest BCUT2D eigenvalue weighted by Gasteiger charge is -2.32. The minimum Gasteiger partial charge on any atom is -0.477 e. The van der Waals surface area contributed by atoms with Gasteiger partial charge in [0.25, 0.3) is 5.91 Å². The summed E-state index contributed by atoms with van der Waals surface area (Å²) in [5.41, 5.74) is 9.63. The van der Waals surface area contributed by atoms with Crippen LogP contribution in [0.15, 0.2) is 54.2 Å². The molecule has 0 atom stereocenters. The summed E-state index contributed by atoms with van der Waals surface area (Å²) in [6.07, 6.45) is 7.40. The predicted octanol–water partition coefficient (Wildman–Crippen LogP) is 4.19. The fraction of sp³-hybridized carbons (Fsp3) is 0.357. The third-order valence-electron chi connectivity index (χ3n) is 6.10. The number of nitriles is 1. The second-order valence-electron chi connectivity index (χ2n) is 8.73. The number of nitrogens with two attached hydrogens (primary N) is 1. The van der Waals surface area contributed by atoms with Crippen LogP contribution in [0.3, 0.4) is 0 Å². The third-order valence-corrected chi connectivity index (χ3v) is 6.10. The summed E-state index contributed by atoms with van der Waals surface area (Å²) in [7, 11) is 0. The number of aromatic nitrogens is 1. The van der Waals surface area contributed by atoms with Crippen molar-refractivity contribution in [2.75, 3.05) is 32.0 Å². The monoisotopic (exact) mass is 486 g/mol. The van der Waals surface area contributed by atoms with Crippen LogP contribution in [0.25, 0.3) is 5.57 Å². The van der Waals surface area contributed by atoms with Crippen LogP contribution in [0, 0.1) is 17.2 Å². The first-order valence-corrected chi connectivity index (χ1v) is 12.2. The number of nitrogens with one attached hydrogen (secondary N) is 1. The van der Waals surface area contributed by atoms with Crippen molar-refractivity contribution in [2.24, 2.45) is 10.9 Å². The van der Waals surface area contributed by atoms with Crippen LogP contribution in [0.5, 0.6) is 5.88 Å². The molecular formula is C28H34N6O2. The van der Waals surface area contributed by atoms with Crippen molar-refractivity contribution < 1.29 is 9.53 Å². The van der Waals surface area contributed by atoms with Gasteiger partial charge in [0, 0.05) is 25.5 Å². The van der Waals surface area contributed by atoms with Gasteiger partial charge in [-0.05, 0) is 68.5 Å². The number of piperidine rings is 1. The average Bonchev–Trinajstić information content (AvgIpc) is 2.88. The molecule has 1 aromatic carbocycles. The Balaban J connectivity index is 1.46. The molecule has 1 aliphatic heterocycles. The topological polar surface area (TPSA) is 117 Å². The molecule has 1 fully saturated rings. The van der Waals surface area contributed by atoms with E-state index >= 15 is 0 Å². The molecule has 2 heterocycles. The van der Waals surface area contributed by atoms with Crippen LogP contribution in [0.2, 0.25) is 0 Å². The molecule has 0 radical (unpaired) electrons. The van der Waals surface area contributed by atoms with Gasteiger partial charge in [0.05, 0.1) is 12.3 Å². The average molecular weight is 487 g/mol. The highest BCUT2D eigenvalue weighted by Crippen LogP contribution is 2.23. The molecule has 0 spiro atoms. The minimum absolute atomic E-state index is 0.0950. The van der Waals surface area contributed by atoms with Crippen LogP contribution in [-0.2, 0) is 6.54 Å². The summed E-state index contributed by atoms with van der Waals surface area (Å²) in [5.74, 6) is 0.180. The van der Waals surface area contributed by atoms with E-state index in [4.69, 9.17) is 10.5 Å². The smallest absolute Gasteiger partial charge is 0.270 e. The van der Waals surface area contributed by atoms with E-state index < -0.39 is 0 Å². The second kappa shape index (κ2) is 13.2. The predicted molar refractivity (Wildman–Crippen MR) is 144 cm³/mol. The van der Waals surface area contributed by atoms with Crippen molar-refractivity contribution in [1.82, 2.24) is 15.2 Å². The van der Waals surface area contributed by atoms with Gasteiger partial charge in [0.1, 0.15) is 17.3 Å². The number of likely N-dealkylation sites (tertiary alicyclic amines) is 1. The van der Waals surface area contributed by atoms with Gasteiger partial charge in [0.2, 0.25) is 5.88 Å². The lowest BCUT2D eigenvalue weighted by molar-refractivity contribution is 0.0929. The summed E-state index contributed by atoms with van der Waals surface area (Å²) < 4.78 is 5.38. The highest BCUT2D eigenvalue weighted by atomic mass is 16.5. The Morgan fingerprint density at radius 2 is 2.08 bits per heavy atom. The fourth-order valence-electron chi connectivity index (χ4n) is 4.06. The van der Waals surface area contributed by atoms with E-state index in [-0.39, 0.29) is 28.7 Å². The van der Waals surface area contributed by atoms with E-state index in [1.54, 1.807) is 19.3 Å². The van der Waals surface area contributed by atoms with Crippen LogP contribution < -0.4 is 15.8 Å². The van der Waals surface area contributed by atoms with E-state index in [1.807, 2.05) is 19.1 Å². The van der Waals surface area contributed by atoms with Crippen molar-refractivity contribution in [3.05, 3.63) is 71.6 Å². The number of carbonyl (C=O) groups excluding carboxylic acids is 1. The van der Waals surface area contributed by atoms with Crippen LogP contribution in [0.1, 0.15) is 53.9 Å². The molecule has 188 valence electrons. The Morgan fingerprint density at radius 1 is 1.36 bits per heavy atom. The number of nitrogen functional groups attached to an aromatic ring is 1. The zero-order chi connectivity index (χ0) is 25.9. The molecule has 2 aromatic rings. The molecule has 36 heavy (non-hydrogen) atoms. The Bertz CT molecular complexity index is 1160. The number of hydrogen-bond donors (Lipinski definition) is 2. The largest absolute Gasteiger partial charge is 0.477 e. The molecular weight excluding hydrogens is 452 g/mol. The van der Waals surface area contributed by atoms with E-state index in [0.29, 0.717) is 19.1 Å². The fourth-order valence-corrected chi connectivity index (χ4v) is 4.06. The highest BCUT2D eigenvalue weighted by molar-refractivity contribution is 6.08. The lowest BCUT2D eigenvalue weighted by Crippen LogP contribution is -2.38. The van der Waals surface area contributed by atoms with Gasteiger partial charge in [-0.3, -0.25) is 14.7 Å². The van der Waals surface area contributed by atoms with Crippen molar-refractivity contribution in [2.45, 2.75) is 33.2 Å². The first-order valence-electron chi connectivity index (χ1n) is 12.2. The third kappa shape index (κ3) is 7.27. The van der Waals surface area contributed by atoms with Crippen molar-refractivity contribution in [3.63, 3.8) is 0 Å². The first-order chi connectivity index (χ1) is 17.4. The van der Waals surface area contributed by atoms with Crippen LogP contribution >= 0.6 is 0 Å². The first kappa shape index (κ1) is 26.6. The second-order valence-corrected chi connectivity index (χ2v) is 8.73. The van der Waals surface area contributed by atoms with Gasteiger partial charge in [-0.25, -0.2) is 4.98 Å². The Hall–Kier alpha value is -3.96. The number of carbonyl (C=O) groups is 1. The number of anilines is 1. The van der Waals surface area contributed by atoms with Crippen molar-refractivity contribution >= 4 is 23.4 Å². The standard InChI is InChI=1S/C28H34N6O2/c1-4-12-31-17-20(3)23-8-6-22(7-9-23)19-34-13-10-21(11-14-34)18-32-27(35)26-15-25(30)24(16-29)28(33-26)36-5-2/h4,6-9,12,15,17,21H,3,5,10-11,13-14,18-19H2,1-2H3,(H2,30,33)(H,32,35)/b12-4-,31-17?. The Kier molecular flexibility index (Phi) is 9.78. The molecule has 1 amide bonds. The molecule has 0 saturated carbocycles.